The maximum atomic E-state index is 11.3. The van der Waals surface area contributed by atoms with Crippen LogP contribution in [0.5, 0.6) is 0 Å². The minimum absolute atomic E-state index is 0.0324. The van der Waals surface area contributed by atoms with E-state index in [-0.39, 0.29) is 18.3 Å². The van der Waals surface area contributed by atoms with E-state index in [0.29, 0.717) is 12.2 Å². The van der Waals surface area contributed by atoms with Gasteiger partial charge in [-0.1, -0.05) is 30.3 Å². The first kappa shape index (κ1) is 14.9. The van der Waals surface area contributed by atoms with Gasteiger partial charge in [0.2, 0.25) is 0 Å². The molecule has 0 radical (unpaired) electrons. The molecule has 2 rings (SSSR count). The fourth-order valence-electron chi connectivity index (χ4n) is 1.88. The summed E-state index contributed by atoms with van der Waals surface area (Å²) < 4.78 is 4.56. The molecule has 2 N–H and O–H groups in total. The maximum absolute atomic E-state index is 11.3. The van der Waals surface area contributed by atoms with Crippen LogP contribution in [0.25, 0.3) is 0 Å². The van der Waals surface area contributed by atoms with Gasteiger partial charge in [0.1, 0.15) is 5.82 Å². The molecule has 0 fully saturated rings. The SMILES string of the molecule is COC(=O)c1cnc(NC(CO)Cc2ccccc2)cn1. The average Bonchev–Trinajstić information content (AvgIpc) is 2.55. The first-order valence-electron chi connectivity index (χ1n) is 6.54. The molecule has 1 atom stereocenters. The third-order valence-corrected chi connectivity index (χ3v) is 2.94. The molecule has 0 aliphatic rings. The minimum atomic E-state index is -0.531. The van der Waals surface area contributed by atoms with Crippen LogP contribution < -0.4 is 5.32 Å². The monoisotopic (exact) mass is 287 g/mol. The van der Waals surface area contributed by atoms with Crippen molar-refractivity contribution in [3.05, 3.63) is 54.0 Å². The Morgan fingerprint density at radius 3 is 2.62 bits per heavy atom. The molecule has 1 aromatic heterocycles. The normalized spacial score (nSPS) is 11.7. The van der Waals surface area contributed by atoms with E-state index in [1.54, 1.807) is 0 Å². The number of hydrogen-bond donors (Lipinski definition) is 2. The number of hydrogen-bond acceptors (Lipinski definition) is 6. The number of carbonyl (C=O) groups is 1. The van der Waals surface area contributed by atoms with Crippen molar-refractivity contribution < 1.29 is 14.6 Å². The van der Waals surface area contributed by atoms with Gasteiger partial charge in [-0.2, -0.15) is 0 Å². The van der Waals surface area contributed by atoms with Gasteiger partial charge in [-0.15, -0.1) is 0 Å². The van der Waals surface area contributed by atoms with Crippen LogP contribution in [0, 0.1) is 0 Å². The molecular weight excluding hydrogens is 270 g/mol. The number of anilines is 1. The van der Waals surface area contributed by atoms with Crippen LogP contribution in [0.3, 0.4) is 0 Å². The van der Waals surface area contributed by atoms with E-state index in [0.717, 1.165) is 5.56 Å². The molecule has 0 aliphatic carbocycles. The van der Waals surface area contributed by atoms with Gasteiger partial charge in [0.15, 0.2) is 5.69 Å². The zero-order valence-corrected chi connectivity index (χ0v) is 11.7. The van der Waals surface area contributed by atoms with Crippen molar-refractivity contribution in [2.24, 2.45) is 0 Å². The van der Waals surface area contributed by atoms with Gasteiger partial charge in [-0.05, 0) is 12.0 Å². The third-order valence-electron chi connectivity index (χ3n) is 2.94. The number of benzene rings is 1. The summed E-state index contributed by atoms with van der Waals surface area (Å²) in [6.45, 7) is -0.0324. The molecule has 6 heteroatoms. The Kier molecular flexibility index (Phi) is 5.22. The van der Waals surface area contributed by atoms with Crippen molar-refractivity contribution in [3.8, 4) is 0 Å². The summed E-state index contributed by atoms with van der Waals surface area (Å²) in [5.41, 5.74) is 1.26. The Bertz CT molecular complexity index is 572. The van der Waals surface area contributed by atoms with E-state index < -0.39 is 5.97 Å². The Morgan fingerprint density at radius 2 is 2.05 bits per heavy atom. The number of aliphatic hydroxyl groups excluding tert-OH is 1. The number of rotatable bonds is 6. The second-order valence-electron chi connectivity index (χ2n) is 4.49. The number of aliphatic hydroxyl groups is 1. The Labute approximate surface area is 122 Å². The number of esters is 1. The summed E-state index contributed by atoms with van der Waals surface area (Å²) in [6.07, 6.45) is 3.45. The fraction of sp³-hybridized carbons (Fsp3) is 0.267. The zero-order chi connectivity index (χ0) is 15.1. The van der Waals surface area contributed by atoms with Crippen LogP contribution in [-0.2, 0) is 11.2 Å². The molecule has 0 bridgehead atoms. The van der Waals surface area contributed by atoms with Gasteiger partial charge < -0.3 is 15.2 Å². The highest BCUT2D eigenvalue weighted by atomic mass is 16.5. The second kappa shape index (κ2) is 7.35. The molecule has 0 saturated heterocycles. The molecule has 1 heterocycles. The standard InChI is InChI=1S/C15H17N3O3/c1-21-15(20)13-8-17-14(9-16-13)18-12(10-19)7-11-5-3-2-4-6-11/h2-6,8-9,12,19H,7,10H2,1H3,(H,17,18). The number of nitrogens with zero attached hydrogens (tertiary/aromatic N) is 2. The summed E-state index contributed by atoms with van der Waals surface area (Å²) in [5, 5.41) is 12.5. The lowest BCUT2D eigenvalue weighted by Crippen LogP contribution is -2.27. The van der Waals surface area contributed by atoms with Crippen molar-refractivity contribution in [1.82, 2.24) is 9.97 Å². The number of aromatic nitrogens is 2. The summed E-state index contributed by atoms with van der Waals surface area (Å²) in [6, 6.07) is 9.67. The third kappa shape index (κ3) is 4.25. The van der Waals surface area contributed by atoms with Crippen LogP contribution in [-0.4, -0.2) is 40.8 Å². The second-order valence-corrected chi connectivity index (χ2v) is 4.49. The molecule has 0 aliphatic heterocycles. The smallest absolute Gasteiger partial charge is 0.358 e. The molecule has 0 spiro atoms. The topological polar surface area (TPSA) is 84.3 Å². The predicted octanol–water partition coefficient (Wildman–Crippen LogP) is 1.28. The quantitative estimate of drug-likeness (QED) is 0.779. The molecule has 110 valence electrons. The highest BCUT2D eigenvalue weighted by Crippen LogP contribution is 2.09. The van der Waals surface area contributed by atoms with Crippen molar-refractivity contribution in [1.29, 1.82) is 0 Å². The lowest BCUT2D eigenvalue weighted by Gasteiger charge is -2.16. The van der Waals surface area contributed by atoms with Gasteiger partial charge in [-0.3, -0.25) is 0 Å². The number of methoxy groups -OCH3 is 1. The average molecular weight is 287 g/mol. The summed E-state index contributed by atoms with van der Waals surface area (Å²) >= 11 is 0. The van der Waals surface area contributed by atoms with Crippen LogP contribution in [0.2, 0.25) is 0 Å². The van der Waals surface area contributed by atoms with Crippen molar-refractivity contribution in [2.45, 2.75) is 12.5 Å². The van der Waals surface area contributed by atoms with Gasteiger partial charge >= 0.3 is 5.97 Å². The Morgan fingerprint density at radius 1 is 1.29 bits per heavy atom. The van der Waals surface area contributed by atoms with E-state index >= 15 is 0 Å². The number of ether oxygens (including phenoxy) is 1. The molecule has 21 heavy (non-hydrogen) atoms. The van der Waals surface area contributed by atoms with Gasteiger partial charge in [0, 0.05) is 0 Å². The van der Waals surface area contributed by atoms with E-state index in [2.05, 4.69) is 20.0 Å². The molecule has 2 aromatic rings. The molecule has 0 saturated carbocycles. The molecule has 6 nitrogen and oxygen atoms in total. The van der Waals surface area contributed by atoms with Crippen LogP contribution in [0.4, 0.5) is 5.82 Å². The molecule has 1 aromatic carbocycles. The number of carbonyl (C=O) groups excluding carboxylic acids is 1. The van der Waals surface area contributed by atoms with Crippen molar-refractivity contribution in [3.63, 3.8) is 0 Å². The minimum Gasteiger partial charge on any atom is -0.464 e. The van der Waals surface area contributed by atoms with Crippen LogP contribution in [0.1, 0.15) is 16.1 Å². The fourth-order valence-corrected chi connectivity index (χ4v) is 1.88. The summed E-state index contributed by atoms with van der Waals surface area (Å²) in [7, 11) is 1.29. The van der Waals surface area contributed by atoms with E-state index in [4.69, 9.17) is 0 Å². The first-order valence-corrected chi connectivity index (χ1v) is 6.54. The molecule has 0 amide bonds. The Balaban J connectivity index is 2.00. The van der Waals surface area contributed by atoms with Gasteiger partial charge in [0.25, 0.3) is 0 Å². The van der Waals surface area contributed by atoms with Crippen LogP contribution >= 0.6 is 0 Å². The van der Waals surface area contributed by atoms with E-state index in [1.807, 2.05) is 30.3 Å². The zero-order valence-electron chi connectivity index (χ0n) is 11.7. The van der Waals surface area contributed by atoms with Crippen molar-refractivity contribution in [2.75, 3.05) is 19.0 Å². The summed E-state index contributed by atoms with van der Waals surface area (Å²) in [5.74, 6) is -0.0327. The maximum Gasteiger partial charge on any atom is 0.358 e. The highest BCUT2D eigenvalue weighted by Gasteiger charge is 2.11. The predicted molar refractivity (Wildman–Crippen MR) is 78.0 cm³/mol. The molecule has 1 unspecified atom stereocenters. The summed E-state index contributed by atoms with van der Waals surface area (Å²) in [4.78, 5) is 19.3. The lowest BCUT2D eigenvalue weighted by atomic mass is 10.1. The van der Waals surface area contributed by atoms with Gasteiger partial charge in [0.05, 0.1) is 32.2 Å². The van der Waals surface area contributed by atoms with Crippen LogP contribution in [0.15, 0.2) is 42.7 Å². The largest absolute Gasteiger partial charge is 0.464 e. The van der Waals surface area contributed by atoms with E-state index in [9.17, 15) is 9.90 Å². The van der Waals surface area contributed by atoms with E-state index in [1.165, 1.54) is 19.5 Å². The lowest BCUT2D eigenvalue weighted by molar-refractivity contribution is 0.0593. The van der Waals surface area contributed by atoms with Gasteiger partial charge in [-0.25, -0.2) is 14.8 Å². The first-order chi connectivity index (χ1) is 10.2. The highest BCUT2D eigenvalue weighted by molar-refractivity contribution is 5.86. The van der Waals surface area contributed by atoms with Crippen molar-refractivity contribution >= 4 is 11.8 Å². The molecular formula is C15H17N3O3. The Hall–Kier alpha value is -2.47. The number of nitrogens with one attached hydrogen (secondary N) is 1.